The van der Waals surface area contributed by atoms with E-state index in [2.05, 4.69) is 15.5 Å². The molecule has 2 atom stereocenters. The number of carbonyl (C=O) groups is 1. The maximum Gasteiger partial charge on any atom is 0.224 e. The van der Waals surface area contributed by atoms with Crippen molar-refractivity contribution < 1.29 is 4.79 Å². The summed E-state index contributed by atoms with van der Waals surface area (Å²) in [6, 6.07) is 5.62. The minimum atomic E-state index is -0.0119. The van der Waals surface area contributed by atoms with Gasteiger partial charge in [-0.1, -0.05) is 18.0 Å². The minimum absolute atomic E-state index is 0. The number of carbonyl (C=O) groups excluding carboxylic acids is 1. The Morgan fingerprint density at radius 1 is 1.48 bits per heavy atom. The Hall–Kier alpha value is -1.28. The number of anilines is 1. The normalized spacial score (nSPS) is 19.5. The van der Waals surface area contributed by atoms with Gasteiger partial charge in [0.15, 0.2) is 5.16 Å². The summed E-state index contributed by atoms with van der Waals surface area (Å²) in [6.45, 7) is 0. The number of hydrogen-bond donors (Lipinski definition) is 2. The van der Waals surface area contributed by atoms with Gasteiger partial charge in [0, 0.05) is 30.1 Å². The Balaban J connectivity index is 0.00000225. The first-order valence-electron chi connectivity index (χ1n) is 7.90. The fourth-order valence-electron chi connectivity index (χ4n) is 2.89. The summed E-state index contributed by atoms with van der Waals surface area (Å²) >= 11 is 7.76. The number of hydrogen-bond acceptors (Lipinski definition) is 5. The lowest BCUT2D eigenvalue weighted by Gasteiger charge is -2.15. The second kappa shape index (κ2) is 8.89. The molecule has 1 heterocycles. The fraction of sp³-hybridized carbons (Fsp3) is 0.438. The molecule has 1 aliphatic rings. The summed E-state index contributed by atoms with van der Waals surface area (Å²) in [5.74, 6) is 0.272. The van der Waals surface area contributed by atoms with Crippen LogP contribution >= 0.6 is 35.8 Å². The molecule has 2 aromatic rings. The summed E-state index contributed by atoms with van der Waals surface area (Å²) in [6.07, 6.45) is 5.26. The molecule has 0 aliphatic heterocycles. The highest BCUT2D eigenvalue weighted by Crippen LogP contribution is 2.34. The largest absolute Gasteiger partial charge is 0.327 e. The van der Waals surface area contributed by atoms with Crippen LogP contribution in [0.15, 0.2) is 34.6 Å². The van der Waals surface area contributed by atoms with Crippen LogP contribution in [-0.2, 0) is 11.8 Å². The molecule has 0 saturated heterocycles. The quantitative estimate of drug-likeness (QED) is 0.800. The Labute approximate surface area is 162 Å². The highest BCUT2D eigenvalue weighted by Gasteiger charge is 2.26. The topological polar surface area (TPSA) is 85.8 Å². The zero-order chi connectivity index (χ0) is 17.1. The molecule has 0 bridgehead atoms. The fourth-order valence-corrected chi connectivity index (χ4v) is 3.96. The smallest absolute Gasteiger partial charge is 0.224 e. The van der Waals surface area contributed by atoms with E-state index in [1.54, 1.807) is 12.4 Å². The Morgan fingerprint density at radius 2 is 2.28 bits per heavy atom. The predicted molar refractivity (Wildman–Crippen MR) is 102 cm³/mol. The van der Waals surface area contributed by atoms with Gasteiger partial charge in [-0.2, -0.15) is 0 Å². The standard InChI is InChI=1S/C16H20ClN5OS.ClH/c1-22-9-19-21-16(22)24-14-6-5-11(8-12(14)17)20-15(23)7-10-3-2-4-13(10)18;/h5-6,8-10,13H,2-4,7,18H2,1H3,(H,20,23);1H/t10-,13+;/m0./s1. The second-order valence-corrected chi connectivity index (χ2v) is 7.50. The molecule has 0 spiro atoms. The van der Waals surface area contributed by atoms with Gasteiger partial charge in [0.05, 0.1) is 5.02 Å². The molecule has 136 valence electrons. The van der Waals surface area contributed by atoms with Crippen LogP contribution in [0.5, 0.6) is 0 Å². The molecule has 0 radical (unpaired) electrons. The first kappa shape index (κ1) is 20.0. The van der Waals surface area contributed by atoms with Gasteiger partial charge in [0.25, 0.3) is 0 Å². The van der Waals surface area contributed by atoms with Gasteiger partial charge in [0.1, 0.15) is 6.33 Å². The molecule has 1 saturated carbocycles. The van der Waals surface area contributed by atoms with Crippen LogP contribution in [-0.4, -0.2) is 26.7 Å². The highest BCUT2D eigenvalue weighted by atomic mass is 35.5. The van der Waals surface area contributed by atoms with Crippen LogP contribution in [0.4, 0.5) is 5.69 Å². The van der Waals surface area contributed by atoms with E-state index in [1.807, 2.05) is 23.7 Å². The summed E-state index contributed by atoms with van der Waals surface area (Å²) < 4.78 is 1.82. The van der Waals surface area contributed by atoms with Crippen molar-refractivity contribution in [3.8, 4) is 0 Å². The van der Waals surface area contributed by atoms with Crippen molar-refractivity contribution in [2.75, 3.05) is 5.32 Å². The Kier molecular flexibility index (Phi) is 7.13. The summed E-state index contributed by atoms with van der Waals surface area (Å²) in [5, 5.41) is 12.1. The summed E-state index contributed by atoms with van der Waals surface area (Å²) in [4.78, 5) is 13.0. The molecular weight excluding hydrogens is 381 g/mol. The molecule has 3 N–H and O–H groups in total. The van der Waals surface area contributed by atoms with E-state index in [0.29, 0.717) is 17.1 Å². The van der Waals surface area contributed by atoms with Gasteiger partial charge >= 0.3 is 0 Å². The molecule has 6 nitrogen and oxygen atoms in total. The predicted octanol–water partition coefficient (Wildman–Crippen LogP) is 3.50. The van der Waals surface area contributed by atoms with E-state index < -0.39 is 0 Å². The third kappa shape index (κ3) is 5.10. The van der Waals surface area contributed by atoms with Crippen molar-refractivity contribution in [1.82, 2.24) is 14.8 Å². The maximum atomic E-state index is 12.2. The first-order chi connectivity index (χ1) is 11.5. The number of halogens is 2. The number of nitrogens with zero attached hydrogens (tertiary/aromatic N) is 3. The molecule has 3 rings (SSSR count). The van der Waals surface area contributed by atoms with Crippen molar-refractivity contribution in [3.63, 3.8) is 0 Å². The number of nitrogens with one attached hydrogen (secondary N) is 1. The van der Waals surface area contributed by atoms with Crippen LogP contribution in [0.25, 0.3) is 0 Å². The van der Waals surface area contributed by atoms with E-state index in [-0.39, 0.29) is 30.3 Å². The molecule has 1 aromatic heterocycles. The van der Waals surface area contributed by atoms with Gasteiger partial charge in [-0.05, 0) is 48.7 Å². The maximum absolute atomic E-state index is 12.2. The van der Waals surface area contributed by atoms with Gasteiger partial charge in [-0.25, -0.2) is 0 Å². The van der Waals surface area contributed by atoms with Crippen LogP contribution in [0.1, 0.15) is 25.7 Å². The van der Waals surface area contributed by atoms with Crippen molar-refractivity contribution >= 4 is 47.4 Å². The number of amides is 1. The van der Waals surface area contributed by atoms with Crippen LogP contribution < -0.4 is 11.1 Å². The lowest BCUT2D eigenvalue weighted by Crippen LogP contribution is -2.28. The molecule has 25 heavy (non-hydrogen) atoms. The molecular formula is C16H21Cl2N5OS. The first-order valence-corrected chi connectivity index (χ1v) is 9.09. The number of aryl methyl sites for hydroxylation is 1. The van der Waals surface area contributed by atoms with Gasteiger partial charge in [-0.15, -0.1) is 22.6 Å². The Morgan fingerprint density at radius 3 is 2.88 bits per heavy atom. The average Bonchev–Trinajstić information content (AvgIpc) is 3.11. The van der Waals surface area contributed by atoms with Crippen molar-refractivity contribution in [1.29, 1.82) is 0 Å². The summed E-state index contributed by atoms with van der Waals surface area (Å²) in [5.41, 5.74) is 6.72. The number of nitrogens with two attached hydrogens (primary N) is 1. The van der Waals surface area contributed by atoms with Crippen LogP contribution in [0.3, 0.4) is 0 Å². The number of benzene rings is 1. The average molecular weight is 402 g/mol. The number of rotatable bonds is 5. The van der Waals surface area contributed by atoms with E-state index in [1.165, 1.54) is 11.8 Å². The minimum Gasteiger partial charge on any atom is -0.327 e. The monoisotopic (exact) mass is 401 g/mol. The zero-order valence-electron chi connectivity index (χ0n) is 13.8. The third-order valence-electron chi connectivity index (χ3n) is 4.25. The zero-order valence-corrected chi connectivity index (χ0v) is 16.2. The third-order valence-corrected chi connectivity index (χ3v) is 5.81. The van der Waals surface area contributed by atoms with E-state index in [4.69, 9.17) is 17.3 Å². The van der Waals surface area contributed by atoms with Crippen molar-refractivity contribution in [3.05, 3.63) is 29.5 Å². The van der Waals surface area contributed by atoms with E-state index in [0.717, 1.165) is 29.3 Å². The van der Waals surface area contributed by atoms with Crippen LogP contribution in [0, 0.1) is 5.92 Å². The molecule has 1 aromatic carbocycles. The molecule has 9 heteroatoms. The number of aromatic nitrogens is 3. The van der Waals surface area contributed by atoms with E-state index >= 15 is 0 Å². The van der Waals surface area contributed by atoms with E-state index in [9.17, 15) is 4.79 Å². The lowest BCUT2D eigenvalue weighted by atomic mass is 10.00. The molecule has 1 fully saturated rings. The molecule has 1 aliphatic carbocycles. The summed E-state index contributed by atoms with van der Waals surface area (Å²) in [7, 11) is 1.87. The SMILES string of the molecule is Cl.Cn1cnnc1Sc1ccc(NC(=O)C[C@@H]2CCC[C@H]2N)cc1Cl. The van der Waals surface area contributed by atoms with Crippen LogP contribution in [0.2, 0.25) is 5.02 Å². The van der Waals surface area contributed by atoms with Gasteiger partial charge in [0.2, 0.25) is 5.91 Å². The highest BCUT2D eigenvalue weighted by molar-refractivity contribution is 7.99. The molecule has 0 unspecified atom stereocenters. The lowest BCUT2D eigenvalue weighted by molar-refractivity contribution is -0.117. The molecule has 1 amide bonds. The Bertz CT molecular complexity index is 739. The second-order valence-electron chi connectivity index (χ2n) is 6.08. The van der Waals surface area contributed by atoms with Crippen molar-refractivity contribution in [2.45, 2.75) is 41.8 Å². The van der Waals surface area contributed by atoms with Gasteiger partial charge < -0.3 is 15.6 Å². The van der Waals surface area contributed by atoms with Crippen molar-refractivity contribution in [2.24, 2.45) is 18.7 Å². The van der Waals surface area contributed by atoms with Gasteiger partial charge in [-0.3, -0.25) is 4.79 Å².